The van der Waals surface area contributed by atoms with Gasteiger partial charge >= 0.3 is 0 Å². The van der Waals surface area contributed by atoms with E-state index in [1.54, 1.807) is 0 Å². The molecule has 2 unspecified atom stereocenters. The van der Waals surface area contributed by atoms with Crippen molar-refractivity contribution in [1.29, 1.82) is 0 Å². The predicted octanol–water partition coefficient (Wildman–Crippen LogP) is 1.02. The van der Waals surface area contributed by atoms with E-state index in [0.717, 1.165) is 24.5 Å². The second kappa shape index (κ2) is 5.65. The van der Waals surface area contributed by atoms with Crippen molar-refractivity contribution < 1.29 is 9.26 Å². The van der Waals surface area contributed by atoms with Crippen LogP contribution in [0.4, 0.5) is 0 Å². The van der Waals surface area contributed by atoms with Crippen molar-refractivity contribution in [2.24, 2.45) is 0 Å². The van der Waals surface area contributed by atoms with Crippen LogP contribution < -0.4 is 5.32 Å². The van der Waals surface area contributed by atoms with Gasteiger partial charge in [0.05, 0.1) is 6.61 Å². The summed E-state index contributed by atoms with van der Waals surface area (Å²) < 4.78 is 10.8. The van der Waals surface area contributed by atoms with Crippen LogP contribution in [0.15, 0.2) is 4.52 Å². The van der Waals surface area contributed by atoms with Gasteiger partial charge in [-0.2, -0.15) is 16.7 Å². The van der Waals surface area contributed by atoms with Crippen molar-refractivity contribution in [2.75, 3.05) is 25.2 Å². The minimum atomic E-state index is 0.00106. The van der Waals surface area contributed by atoms with Gasteiger partial charge in [0.1, 0.15) is 6.10 Å². The van der Waals surface area contributed by atoms with E-state index < -0.39 is 0 Å². The van der Waals surface area contributed by atoms with E-state index in [1.807, 2.05) is 18.8 Å². The number of ether oxygens (including phenoxy) is 1. The summed E-state index contributed by atoms with van der Waals surface area (Å²) in [5, 5.41) is 7.11. The normalized spacial score (nSPS) is 23.2. The van der Waals surface area contributed by atoms with Crippen molar-refractivity contribution in [3.8, 4) is 0 Å². The van der Waals surface area contributed by atoms with Crippen LogP contribution in [0.3, 0.4) is 0 Å². The molecule has 2 heterocycles. The topological polar surface area (TPSA) is 60.2 Å². The van der Waals surface area contributed by atoms with Gasteiger partial charge in [-0.1, -0.05) is 5.16 Å². The molecule has 1 aromatic heterocycles. The monoisotopic (exact) mass is 243 g/mol. The first-order valence-electron chi connectivity index (χ1n) is 5.48. The summed E-state index contributed by atoms with van der Waals surface area (Å²) in [5.74, 6) is 3.33. The molecular weight excluding hydrogens is 226 g/mol. The van der Waals surface area contributed by atoms with Crippen LogP contribution in [0, 0.1) is 0 Å². The van der Waals surface area contributed by atoms with Crippen LogP contribution in [0.5, 0.6) is 0 Å². The second-order valence-corrected chi connectivity index (χ2v) is 5.02. The Morgan fingerprint density at radius 2 is 2.50 bits per heavy atom. The Balaban J connectivity index is 1.95. The minimum absolute atomic E-state index is 0.00106. The molecule has 16 heavy (non-hydrogen) atoms. The summed E-state index contributed by atoms with van der Waals surface area (Å²) >= 11 is 1.87. The van der Waals surface area contributed by atoms with Crippen LogP contribution in [-0.4, -0.2) is 41.3 Å². The van der Waals surface area contributed by atoms with Crippen LogP contribution in [0.1, 0.15) is 24.7 Å². The van der Waals surface area contributed by atoms with Crippen LogP contribution in [0.25, 0.3) is 0 Å². The summed E-state index contributed by atoms with van der Waals surface area (Å²) in [6.07, 6.45) is 0.754. The highest BCUT2D eigenvalue weighted by molar-refractivity contribution is 7.99. The van der Waals surface area contributed by atoms with Crippen molar-refractivity contribution in [1.82, 2.24) is 15.5 Å². The highest BCUT2D eigenvalue weighted by Gasteiger charge is 2.22. The summed E-state index contributed by atoms with van der Waals surface area (Å²) in [6.45, 7) is 2.85. The van der Waals surface area contributed by atoms with Gasteiger partial charge in [0, 0.05) is 24.0 Å². The maximum atomic E-state index is 5.59. The van der Waals surface area contributed by atoms with Gasteiger partial charge in [0.2, 0.25) is 11.7 Å². The fourth-order valence-electron chi connectivity index (χ4n) is 1.48. The van der Waals surface area contributed by atoms with Gasteiger partial charge < -0.3 is 14.6 Å². The minimum Gasteiger partial charge on any atom is -0.368 e. The number of nitrogens with zero attached hydrogens (tertiary/aromatic N) is 2. The molecule has 90 valence electrons. The smallest absolute Gasteiger partial charge is 0.228 e. The first-order chi connectivity index (χ1) is 7.79. The SMILES string of the molecule is CNC(C)Cc1nc(C2CSCCO2)no1. The highest BCUT2D eigenvalue weighted by atomic mass is 32.2. The number of aromatic nitrogens is 2. The predicted molar refractivity (Wildman–Crippen MR) is 62.5 cm³/mol. The zero-order valence-electron chi connectivity index (χ0n) is 9.60. The standard InChI is InChI=1S/C10H17N3O2S/c1-7(11-2)5-9-12-10(13-15-9)8-6-16-4-3-14-8/h7-8,11H,3-6H2,1-2H3. The molecule has 6 heteroatoms. The Kier molecular flexibility index (Phi) is 4.20. The lowest BCUT2D eigenvalue weighted by Gasteiger charge is -2.18. The maximum absolute atomic E-state index is 5.59. The number of hydrogen-bond acceptors (Lipinski definition) is 6. The number of nitrogens with one attached hydrogen (secondary N) is 1. The fourth-order valence-corrected chi connectivity index (χ4v) is 2.32. The third kappa shape index (κ3) is 2.96. The molecule has 0 saturated carbocycles. The molecule has 0 spiro atoms. The molecule has 1 fully saturated rings. The molecule has 2 rings (SSSR count). The summed E-state index contributed by atoms with van der Waals surface area (Å²) in [7, 11) is 1.92. The largest absolute Gasteiger partial charge is 0.368 e. The highest BCUT2D eigenvalue weighted by Crippen LogP contribution is 2.24. The molecule has 5 nitrogen and oxygen atoms in total. The average Bonchev–Trinajstić information content (AvgIpc) is 2.78. The summed E-state index contributed by atoms with van der Waals surface area (Å²) in [4.78, 5) is 4.37. The van der Waals surface area contributed by atoms with Crippen molar-refractivity contribution >= 4 is 11.8 Å². The molecule has 2 atom stereocenters. The Morgan fingerprint density at radius 1 is 1.62 bits per heavy atom. The third-order valence-electron chi connectivity index (χ3n) is 2.56. The Morgan fingerprint density at radius 3 is 3.19 bits per heavy atom. The lowest BCUT2D eigenvalue weighted by molar-refractivity contribution is 0.0677. The van der Waals surface area contributed by atoms with E-state index in [9.17, 15) is 0 Å². The zero-order valence-corrected chi connectivity index (χ0v) is 10.4. The second-order valence-electron chi connectivity index (χ2n) is 3.87. The quantitative estimate of drug-likeness (QED) is 0.852. The van der Waals surface area contributed by atoms with Crippen LogP contribution >= 0.6 is 11.8 Å². The fraction of sp³-hybridized carbons (Fsp3) is 0.800. The van der Waals surface area contributed by atoms with E-state index in [-0.39, 0.29) is 6.10 Å². The van der Waals surface area contributed by atoms with E-state index in [1.165, 1.54) is 0 Å². The number of rotatable bonds is 4. The van der Waals surface area contributed by atoms with Crippen LogP contribution in [0.2, 0.25) is 0 Å². The van der Waals surface area contributed by atoms with Crippen molar-refractivity contribution in [3.05, 3.63) is 11.7 Å². The van der Waals surface area contributed by atoms with E-state index in [4.69, 9.17) is 9.26 Å². The molecule has 1 saturated heterocycles. The number of thioether (sulfide) groups is 1. The van der Waals surface area contributed by atoms with E-state index >= 15 is 0 Å². The Hall–Kier alpha value is -0.590. The van der Waals surface area contributed by atoms with Crippen molar-refractivity contribution in [2.45, 2.75) is 25.5 Å². The molecule has 0 bridgehead atoms. The Bertz CT molecular complexity index is 326. The van der Waals surface area contributed by atoms with Gasteiger partial charge in [-0.25, -0.2) is 0 Å². The maximum Gasteiger partial charge on any atom is 0.228 e. The molecular formula is C10H17N3O2S. The van der Waals surface area contributed by atoms with Crippen molar-refractivity contribution in [3.63, 3.8) is 0 Å². The molecule has 0 radical (unpaired) electrons. The van der Waals surface area contributed by atoms with Gasteiger partial charge in [0.25, 0.3) is 0 Å². The molecule has 0 aliphatic carbocycles. The van der Waals surface area contributed by atoms with Gasteiger partial charge in [-0.05, 0) is 14.0 Å². The van der Waals surface area contributed by atoms with E-state index in [0.29, 0.717) is 17.8 Å². The Labute approximate surface area is 99.3 Å². The lowest BCUT2D eigenvalue weighted by Crippen LogP contribution is -2.23. The van der Waals surface area contributed by atoms with Crippen LogP contribution in [-0.2, 0) is 11.2 Å². The first kappa shape index (κ1) is 11.9. The molecule has 0 amide bonds. The first-order valence-corrected chi connectivity index (χ1v) is 6.64. The third-order valence-corrected chi connectivity index (χ3v) is 3.56. The average molecular weight is 243 g/mol. The number of hydrogen-bond donors (Lipinski definition) is 1. The molecule has 1 aliphatic heterocycles. The number of likely N-dealkylation sites (N-methyl/N-ethyl adjacent to an activating group) is 1. The van der Waals surface area contributed by atoms with E-state index in [2.05, 4.69) is 22.4 Å². The summed E-state index contributed by atoms with van der Waals surface area (Å²) in [5.41, 5.74) is 0. The lowest BCUT2D eigenvalue weighted by atomic mass is 10.2. The van der Waals surface area contributed by atoms with Gasteiger partial charge in [-0.15, -0.1) is 0 Å². The molecule has 1 aliphatic rings. The molecule has 0 aromatic carbocycles. The zero-order chi connectivity index (χ0) is 11.4. The molecule has 1 N–H and O–H groups in total. The van der Waals surface area contributed by atoms with Gasteiger partial charge in [0.15, 0.2) is 0 Å². The van der Waals surface area contributed by atoms with Gasteiger partial charge in [-0.3, -0.25) is 0 Å². The molecule has 1 aromatic rings. The summed E-state index contributed by atoms with van der Waals surface area (Å²) in [6, 6.07) is 0.343.